The van der Waals surface area contributed by atoms with Gasteiger partial charge in [-0.25, -0.2) is 9.79 Å². The van der Waals surface area contributed by atoms with Crippen LogP contribution in [0.1, 0.15) is 19.4 Å². The first-order valence-corrected chi connectivity index (χ1v) is 6.41. The lowest BCUT2D eigenvalue weighted by atomic mass is 9.88. The van der Waals surface area contributed by atoms with E-state index in [9.17, 15) is 4.79 Å². The molecule has 2 aromatic carbocycles. The molecule has 4 nitrogen and oxygen atoms in total. The number of esters is 1. The maximum Gasteiger partial charge on any atom is 0.345 e. The van der Waals surface area contributed by atoms with E-state index >= 15 is 0 Å². The van der Waals surface area contributed by atoms with Gasteiger partial charge in [0.25, 0.3) is 0 Å². The summed E-state index contributed by atoms with van der Waals surface area (Å²) in [4.78, 5) is 16.6. The van der Waals surface area contributed by atoms with Crippen molar-refractivity contribution in [3.63, 3.8) is 0 Å². The molecule has 1 unspecified atom stereocenters. The fraction of sp³-hybridized carbons (Fsp3) is 0.250. The van der Waals surface area contributed by atoms with E-state index in [1.807, 2.05) is 36.4 Å². The predicted molar refractivity (Wildman–Crippen MR) is 77.1 cm³/mol. The number of cyclic esters (lactones) is 1. The van der Waals surface area contributed by atoms with Crippen molar-refractivity contribution in [2.24, 2.45) is 4.99 Å². The van der Waals surface area contributed by atoms with Crippen molar-refractivity contribution >= 4 is 22.6 Å². The third kappa shape index (κ3) is 1.68. The van der Waals surface area contributed by atoms with Crippen molar-refractivity contribution in [1.82, 2.24) is 0 Å². The minimum Gasteiger partial charge on any atom is -0.496 e. The Labute approximate surface area is 117 Å². The molecule has 0 fully saturated rings. The third-order valence-corrected chi connectivity index (χ3v) is 3.62. The first-order chi connectivity index (χ1) is 9.56. The zero-order chi connectivity index (χ0) is 14.3. The monoisotopic (exact) mass is 269 g/mol. The molecule has 102 valence electrons. The van der Waals surface area contributed by atoms with Gasteiger partial charge in [0.05, 0.1) is 7.11 Å². The van der Waals surface area contributed by atoms with Crippen molar-refractivity contribution in [3.05, 3.63) is 42.0 Å². The number of carbonyl (C=O) groups is 1. The first kappa shape index (κ1) is 12.7. The van der Waals surface area contributed by atoms with Gasteiger partial charge < -0.3 is 9.47 Å². The van der Waals surface area contributed by atoms with Crippen LogP contribution in [0.4, 0.5) is 0 Å². The molecule has 20 heavy (non-hydrogen) atoms. The maximum absolute atomic E-state index is 12.2. The number of rotatable bonds is 2. The van der Waals surface area contributed by atoms with Crippen LogP contribution in [-0.4, -0.2) is 19.0 Å². The Morgan fingerprint density at radius 3 is 2.60 bits per heavy atom. The highest BCUT2D eigenvalue weighted by molar-refractivity contribution is 6.03. The fourth-order valence-corrected chi connectivity index (χ4v) is 2.70. The lowest BCUT2D eigenvalue weighted by Crippen LogP contribution is -2.28. The fourth-order valence-electron chi connectivity index (χ4n) is 2.70. The lowest BCUT2D eigenvalue weighted by molar-refractivity contribution is -0.138. The summed E-state index contributed by atoms with van der Waals surface area (Å²) < 4.78 is 10.6. The summed E-state index contributed by atoms with van der Waals surface area (Å²) in [6.45, 7) is 3.44. The average Bonchev–Trinajstić information content (AvgIpc) is 2.71. The van der Waals surface area contributed by atoms with Gasteiger partial charge in [0.1, 0.15) is 5.75 Å². The maximum atomic E-state index is 12.2. The van der Waals surface area contributed by atoms with Crippen LogP contribution in [0.15, 0.2) is 41.4 Å². The van der Waals surface area contributed by atoms with Crippen LogP contribution in [0.3, 0.4) is 0 Å². The van der Waals surface area contributed by atoms with Gasteiger partial charge in [0.15, 0.2) is 11.4 Å². The number of methoxy groups -OCH3 is 1. The van der Waals surface area contributed by atoms with E-state index in [4.69, 9.17) is 9.47 Å². The zero-order valence-corrected chi connectivity index (χ0v) is 11.6. The van der Waals surface area contributed by atoms with Gasteiger partial charge in [-0.05, 0) is 23.8 Å². The molecular weight excluding hydrogens is 254 g/mol. The van der Waals surface area contributed by atoms with E-state index in [-0.39, 0.29) is 5.97 Å². The number of hydrogen-bond donors (Lipinski definition) is 0. The first-order valence-electron chi connectivity index (χ1n) is 6.41. The lowest BCUT2D eigenvalue weighted by Gasteiger charge is -2.22. The van der Waals surface area contributed by atoms with Crippen LogP contribution in [0, 0.1) is 0 Å². The van der Waals surface area contributed by atoms with Crippen LogP contribution >= 0.6 is 0 Å². The number of aliphatic imine (C=N–C) groups is 1. The molecule has 1 aliphatic heterocycles. The van der Waals surface area contributed by atoms with Crippen LogP contribution in [0.25, 0.3) is 10.8 Å². The van der Waals surface area contributed by atoms with Crippen molar-refractivity contribution in [3.8, 4) is 5.75 Å². The second-order valence-electron chi connectivity index (χ2n) is 4.96. The number of ether oxygens (including phenoxy) is 2. The largest absolute Gasteiger partial charge is 0.496 e. The standard InChI is InChI=1S/C16H15NO3/c1-10-17-16(2,15(18)20-10)14-12-7-5-4-6-11(12)8-9-13(14)19-3/h4-9H,1-3H3. The highest BCUT2D eigenvalue weighted by Gasteiger charge is 2.45. The molecule has 0 aromatic heterocycles. The molecule has 4 heteroatoms. The van der Waals surface area contributed by atoms with Crippen molar-refractivity contribution in [2.75, 3.05) is 7.11 Å². The van der Waals surface area contributed by atoms with Gasteiger partial charge in [0, 0.05) is 12.5 Å². The van der Waals surface area contributed by atoms with E-state index in [0.717, 1.165) is 16.3 Å². The van der Waals surface area contributed by atoms with Gasteiger partial charge in [-0.1, -0.05) is 30.3 Å². The van der Waals surface area contributed by atoms with Crippen LogP contribution in [-0.2, 0) is 15.1 Å². The Morgan fingerprint density at radius 1 is 1.20 bits per heavy atom. The SMILES string of the molecule is COc1ccc2ccccc2c1C1(C)N=C(C)OC1=O. The molecule has 0 aliphatic carbocycles. The molecule has 0 radical (unpaired) electrons. The van der Waals surface area contributed by atoms with Gasteiger partial charge in [-0.2, -0.15) is 0 Å². The number of fused-ring (bicyclic) bond motifs is 1. The van der Waals surface area contributed by atoms with Crippen molar-refractivity contribution in [1.29, 1.82) is 0 Å². The topological polar surface area (TPSA) is 47.9 Å². The van der Waals surface area contributed by atoms with E-state index in [2.05, 4.69) is 4.99 Å². The van der Waals surface area contributed by atoms with E-state index in [0.29, 0.717) is 11.6 Å². The highest BCUT2D eigenvalue weighted by atomic mass is 16.6. The van der Waals surface area contributed by atoms with E-state index in [1.54, 1.807) is 21.0 Å². The van der Waals surface area contributed by atoms with Crippen LogP contribution in [0.5, 0.6) is 5.75 Å². The molecule has 0 saturated carbocycles. The summed E-state index contributed by atoms with van der Waals surface area (Å²) in [5, 5.41) is 1.99. The highest BCUT2D eigenvalue weighted by Crippen LogP contribution is 2.41. The number of hydrogen-bond acceptors (Lipinski definition) is 4. The minimum atomic E-state index is -1.06. The van der Waals surface area contributed by atoms with Gasteiger partial charge >= 0.3 is 5.97 Å². The van der Waals surface area contributed by atoms with Gasteiger partial charge in [0.2, 0.25) is 0 Å². The average molecular weight is 269 g/mol. The third-order valence-electron chi connectivity index (χ3n) is 3.62. The second-order valence-corrected chi connectivity index (χ2v) is 4.96. The molecule has 1 heterocycles. The Balaban J connectivity index is 2.37. The quantitative estimate of drug-likeness (QED) is 0.787. The molecule has 2 aromatic rings. The Hall–Kier alpha value is -2.36. The number of nitrogens with zero attached hydrogens (tertiary/aromatic N) is 1. The molecule has 0 amide bonds. The second kappa shape index (κ2) is 4.34. The van der Waals surface area contributed by atoms with Gasteiger partial charge in [-0.3, -0.25) is 0 Å². The van der Waals surface area contributed by atoms with Crippen molar-refractivity contribution in [2.45, 2.75) is 19.4 Å². The zero-order valence-electron chi connectivity index (χ0n) is 11.6. The van der Waals surface area contributed by atoms with Gasteiger partial charge in [-0.15, -0.1) is 0 Å². The molecule has 0 bridgehead atoms. The normalized spacial score (nSPS) is 21.8. The van der Waals surface area contributed by atoms with Crippen LogP contribution in [0.2, 0.25) is 0 Å². The Morgan fingerprint density at radius 2 is 1.95 bits per heavy atom. The summed E-state index contributed by atoms with van der Waals surface area (Å²) in [7, 11) is 1.59. The van der Waals surface area contributed by atoms with Crippen molar-refractivity contribution < 1.29 is 14.3 Å². The number of benzene rings is 2. The minimum absolute atomic E-state index is 0.371. The summed E-state index contributed by atoms with van der Waals surface area (Å²) in [5.74, 6) is 0.652. The van der Waals surface area contributed by atoms with E-state index < -0.39 is 5.54 Å². The molecular formula is C16H15NO3. The molecule has 0 N–H and O–H groups in total. The van der Waals surface area contributed by atoms with E-state index in [1.165, 1.54) is 0 Å². The smallest absolute Gasteiger partial charge is 0.345 e. The predicted octanol–water partition coefficient (Wildman–Crippen LogP) is 3.04. The molecule has 3 rings (SSSR count). The Kier molecular flexibility index (Phi) is 2.74. The summed E-state index contributed by atoms with van der Waals surface area (Å²) >= 11 is 0. The molecule has 1 aliphatic rings. The van der Waals surface area contributed by atoms with Crippen LogP contribution < -0.4 is 4.74 Å². The summed E-state index contributed by atoms with van der Waals surface area (Å²) in [5.41, 5.74) is -0.309. The Bertz CT molecular complexity index is 736. The summed E-state index contributed by atoms with van der Waals surface area (Å²) in [6, 6.07) is 11.7. The molecule has 0 spiro atoms. The molecule has 1 atom stereocenters. The molecule has 0 saturated heterocycles. The summed E-state index contributed by atoms with van der Waals surface area (Å²) in [6.07, 6.45) is 0. The number of carbonyl (C=O) groups excluding carboxylic acids is 1.